The molecular formula is C17H34N4O. The van der Waals surface area contributed by atoms with Crippen LogP contribution < -0.4 is 10.6 Å². The van der Waals surface area contributed by atoms with Crippen molar-refractivity contribution in [3.8, 4) is 0 Å². The molecule has 5 nitrogen and oxygen atoms in total. The normalized spacial score (nSPS) is 21.4. The van der Waals surface area contributed by atoms with Crippen LogP contribution in [0.5, 0.6) is 0 Å². The van der Waals surface area contributed by atoms with Crippen LogP contribution >= 0.6 is 0 Å². The number of aliphatic imine (C=N–C) groups is 1. The summed E-state index contributed by atoms with van der Waals surface area (Å²) < 4.78 is 5.64. The standard InChI is InChI=1S/C17H34N4O/c1-14(2)12-21-9-6-16(7-10-21)20-17(18-3)19-8-11-22-13-15-4-5-15/h14-16H,4-13H2,1-3H3,(H2,18,19,20). The van der Waals surface area contributed by atoms with Gasteiger partial charge in [0.05, 0.1) is 6.61 Å². The summed E-state index contributed by atoms with van der Waals surface area (Å²) in [7, 11) is 1.84. The minimum Gasteiger partial charge on any atom is -0.379 e. The van der Waals surface area contributed by atoms with E-state index in [4.69, 9.17) is 4.74 Å². The molecule has 0 unspecified atom stereocenters. The number of rotatable bonds is 8. The van der Waals surface area contributed by atoms with E-state index in [1.165, 1.54) is 45.3 Å². The number of hydrogen-bond acceptors (Lipinski definition) is 3. The maximum atomic E-state index is 5.64. The van der Waals surface area contributed by atoms with Crippen LogP contribution in [0.4, 0.5) is 0 Å². The first-order chi connectivity index (χ1) is 10.7. The van der Waals surface area contributed by atoms with Crippen LogP contribution in [0.1, 0.15) is 39.5 Å². The zero-order valence-corrected chi connectivity index (χ0v) is 14.6. The fraction of sp³-hybridized carbons (Fsp3) is 0.941. The first kappa shape index (κ1) is 17.5. The third kappa shape index (κ3) is 6.97. The molecule has 0 atom stereocenters. The zero-order valence-electron chi connectivity index (χ0n) is 14.6. The highest BCUT2D eigenvalue weighted by atomic mass is 16.5. The van der Waals surface area contributed by atoms with Gasteiger partial charge in [0.15, 0.2) is 5.96 Å². The maximum Gasteiger partial charge on any atom is 0.191 e. The Labute approximate surface area is 135 Å². The Morgan fingerprint density at radius 3 is 2.55 bits per heavy atom. The Morgan fingerprint density at radius 2 is 1.95 bits per heavy atom. The average Bonchev–Trinajstić information content (AvgIpc) is 3.31. The second-order valence-corrected chi connectivity index (χ2v) is 7.13. The molecule has 1 saturated carbocycles. The number of piperidine rings is 1. The highest BCUT2D eigenvalue weighted by Gasteiger charge is 2.21. The fourth-order valence-corrected chi connectivity index (χ4v) is 2.94. The number of ether oxygens (including phenoxy) is 1. The first-order valence-electron chi connectivity index (χ1n) is 8.94. The second kappa shape index (κ2) is 9.36. The number of nitrogens with one attached hydrogen (secondary N) is 2. The van der Waals surface area contributed by atoms with Gasteiger partial charge in [-0.3, -0.25) is 4.99 Å². The van der Waals surface area contributed by atoms with Crippen molar-refractivity contribution >= 4 is 5.96 Å². The van der Waals surface area contributed by atoms with E-state index in [0.29, 0.717) is 6.04 Å². The van der Waals surface area contributed by atoms with Crippen molar-refractivity contribution in [2.75, 3.05) is 46.4 Å². The van der Waals surface area contributed by atoms with E-state index in [2.05, 4.69) is 34.4 Å². The lowest BCUT2D eigenvalue weighted by Crippen LogP contribution is -2.49. The van der Waals surface area contributed by atoms with Crippen molar-refractivity contribution in [1.29, 1.82) is 0 Å². The van der Waals surface area contributed by atoms with Gasteiger partial charge in [0.1, 0.15) is 0 Å². The van der Waals surface area contributed by atoms with Crippen molar-refractivity contribution < 1.29 is 4.74 Å². The van der Waals surface area contributed by atoms with Gasteiger partial charge in [-0.1, -0.05) is 13.8 Å². The van der Waals surface area contributed by atoms with Gasteiger partial charge in [-0.15, -0.1) is 0 Å². The fourth-order valence-electron chi connectivity index (χ4n) is 2.94. The highest BCUT2D eigenvalue weighted by molar-refractivity contribution is 5.79. The summed E-state index contributed by atoms with van der Waals surface area (Å²) in [5, 5.41) is 6.90. The van der Waals surface area contributed by atoms with Crippen molar-refractivity contribution in [1.82, 2.24) is 15.5 Å². The lowest BCUT2D eigenvalue weighted by molar-refractivity contribution is 0.128. The van der Waals surface area contributed by atoms with E-state index < -0.39 is 0 Å². The summed E-state index contributed by atoms with van der Waals surface area (Å²) in [6.45, 7) is 10.7. The van der Waals surface area contributed by atoms with Crippen LogP contribution in [-0.2, 0) is 4.74 Å². The molecule has 2 N–H and O–H groups in total. The molecule has 0 bridgehead atoms. The summed E-state index contributed by atoms with van der Waals surface area (Å²) in [5.41, 5.74) is 0. The predicted molar refractivity (Wildman–Crippen MR) is 92.3 cm³/mol. The number of nitrogens with zero attached hydrogens (tertiary/aromatic N) is 2. The van der Waals surface area contributed by atoms with E-state index >= 15 is 0 Å². The molecule has 1 aliphatic heterocycles. The molecule has 2 rings (SSSR count). The molecule has 22 heavy (non-hydrogen) atoms. The van der Waals surface area contributed by atoms with E-state index in [1.807, 2.05) is 7.05 Å². The van der Waals surface area contributed by atoms with E-state index in [-0.39, 0.29) is 0 Å². The van der Waals surface area contributed by atoms with Crippen molar-refractivity contribution in [3.05, 3.63) is 0 Å². The molecule has 1 saturated heterocycles. The monoisotopic (exact) mass is 310 g/mol. The molecule has 5 heteroatoms. The van der Waals surface area contributed by atoms with E-state index in [0.717, 1.165) is 37.6 Å². The largest absolute Gasteiger partial charge is 0.379 e. The van der Waals surface area contributed by atoms with Gasteiger partial charge in [-0.2, -0.15) is 0 Å². The third-order valence-corrected chi connectivity index (χ3v) is 4.36. The first-order valence-corrected chi connectivity index (χ1v) is 8.94. The Kier molecular flexibility index (Phi) is 7.46. The minimum absolute atomic E-state index is 0.544. The maximum absolute atomic E-state index is 5.64. The molecule has 1 aliphatic carbocycles. The van der Waals surface area contributed by atoms with Gasteiger partial charge >= 0.3 is 0 Å². The van der Waals surface area contributed by atoms with Gasteiger partial charge in [-0.05, 0) is 37.5 Å². The summed E-state index contributed by atoms with van der Waals surface area (Å²) in [4.78, 5) is 6.89. The molecule has 0 spiro atoms. The predicted octanol–water partition coefficient (Wildman–Crippen LogP) is 1.70. The SMILES string of the molecule is CN=C(NCCOCC1CC1)NC1CCN(CC(C)C)CC1. The molecule has 0 amide bonds. The average molecular weight is 310 g/mol. The third-order valence-electron chi connectivity index (χ3n) is 4.36. The van der Waals surface area contributed by atoms with Gasteiger partial charge in [-0.25, -0.2) is 0 Å². The van der Waals surface area contributed by atoms with Crippen LogP contribution in [-0.4, -0.2) is 63.3 Å². The van der Waals surface area contributed by atoms with Crippen LogP contribution in [0.15, 0.2) is 4.99 Å². The van der Waals surface area contributed by atoms with Crippen molar-refractivity contribution in [2.24, 2.45) is 16.8 Å². The molecular weight excluding hydrogens is 276 g/mol. The van der Waals surface area contributed by atoms with Crippen LogP contribution in [0.2, 0.25) is 0 Å². The lowest BCUT2D eigenvalue weighted by Gasteiger charge is -2.33. The molecule has 2 fully saturated rings. The Hall–Kier alpha value is -0.810. The second-order valence-electron chi connectivity index (χ2n) is 7.13. The van der Waals surface area contributed by atoms with Crippen LogP contribution in [0, 0.1) is 11.8 Å². The van der Waals surface area contributed by atoms with Gasteiger partial charge in [0.2, 0.25) is 0 Å². The molecule has 1 heterocycles. The molecule has 2 aliphatic rings. The molecule has 0 aromatic rings. The van der Waals surface area contributed by atoms with Crippen molar-refractivity contribution in [2.45, 2.75) is 45.6 Å². The minimum atomic E-state index is 0.544. The highest BCUT2D eigenvalue weighted by Crippen LogP contribution is 2.28. The number of likely N-dealkylation sites (tertiary alicyclic amines) is 1. The van der Waals surface area contributed by atoms with E-state index in [9.17, 15) is 0 Å². The number of guanidine groups is 1. The molecule has 0 aromatic carbocycles. The van der Waals surface area contributed by atoms with Crippen molar-refractivity contribution in [3.63, 3.8) is 0 Å². The Morgan fingerprint density at radius 1 is 1.23 bits per heavy atom. The van der Waals surface area contributed by atoms with E-state index in [1.54, 1.807) is 0 Å². The Bertz CT molecular complexity index is 334. The number of hydrogen-bond donors (Lipinski definition) is 2. The summed E-state index contributed by atoms with van der Waals surface area (Å²) in [5.74, 6) is 2.51. The lowest BCUT2D eigenvalue weighted by atomic mass is 10.0. The Balaban J connectivity index is 1.55. The van der Waals surface area contributed by atoms with Gasteiger partial charge in [0, 0.05) is 45.9 Å². The molecule has 0 radical (unpaired) electrons. The zero-order chi connectivity index (χ0) is 15.8. The van der Waals surface area contributed by atoms with Gasteiger partial charge < -0.3 is 20.3 Å². The topological polar surface area (TPSA) is 48.9 Å². The summed E-state index contributed by atoms with van der Waals surface area (Å²) >= 11 is 0. The molecule has 0 aromatic heterocycles. The van der Waals surface area contributed by atoms with Gasteiger partial charge in [0.25, 0.3) is 0 Å². The smallest absolute Gasteiger partial charge is 0.191 e. The van der Waals surface area contributed by atoms with Crippen LogP contribution in [0.3, 0.4) is 0 Å². The summed E-state index contributed by atoms with van der Waals surface area (Å²) in [6.07, 6.45) is 5.11. The van der Waals surface area contributed by atoms with Crippen LogP contribution in [0.25, 0.3) is 0 Å². The molecule has 128 valence electrons. The quantitative estimate of drug-likeness (QED) is 0.407. The summed E-state index contributed by atoms with van der Waals surface area (Å²) in [6, 6.07) is 0.544.